The molecule has 4 nitrogen and oxygen atoms in total. The van der Waals surface area contributed by atoms with E-state index >= 15 is 0 Å². The highest BCUT2D eigenvalue weighted by molar-refractivity contribution is 6.02. The van der Waals surface area contributed by atoms with Crippen molar-refractivity contribution in [3.8, 4) is 5.75 Å². The van der Waals surface area contributed by atoms with E-state index in [4.69, 9.17) is 9.47 Å². The summed E-state index contributed by atoms with van der Waals surface area (Å²) < 4.78 is 11.5. The standard InChI is InChI=1S/C13H14O4/c1-13(2)16-9-5-3-4-7-11(9)10(17-13)6-8(14)12(7)15/h3-5,8,10,14H,6H2,1-2H3/t8-,10-/m0/s1. The minimum atomic E-state index is -0.975. The molecule has 0 radical (unpaired) electrons. The Balaban J connectivity index is 2.19. The minimum Gasteiger partial charge on any atom is -0.463 e. The van der Waals surface area contributed by atoms with E-state index in [2.05, 4.69) is 0 Å². The minimum absolute atomic E-state index is 0.245. The van der Waals surface area contributed by atoms with Gasteiger partial charge in [-0.1, -0.05) is 12.1 Å². The number of carbonyl (C=O) groups is 1. The van der Waals surface area contributed by atoms with Crippen LogP contribution in [0, 0.1) is 0 Å². The average molecular weight is 234 g/mol. The van der Waals surface area contributed by atoms with Crippen molar-refractivity contribution in [1.29, 1.82) is 0 Å². The molecule has 0 bridgehead atoms. The maximum absolute atomic E-state index is 11.9. The summed E-state index contributed by atoms with van der Waals surface area (Å²) in [6, 6.07) is 5.31. The summed E-state index contributed by atoms with van der Waals surface area (Å²) in [5.74, 6) is -0.287. The van der Waals surface area contributed by atoms with Crippen LogP contribution in [-0.2, 0) is 4.74 Å². The van der Waals surface area contributed by atoms with Gasteiger partial charge in [0.05, 0.1) is 6.10 Å². The molecule has 90 valence electrons. The maximum atomic E-state index is 11.9. The van der Waals surface area contributed by atoms with Gasteiger partial charge in [0.25, 0.3) is 0 Å². The molecule has 0 spiro atoms. The monoisotopic (exact) mass is 234 g/mol. The molecule has 0 amide bonds. The van der Waals surface area contributed by atoms with Crippen LogP contribution in [0.1, 0.15) is 42.3 Å². The predicted octanol–water partition coefficient (Wildman–Crippen LogP) is 1.82. The molecule has 1 heterocycles. The second-order valence-corrected chi connectivity index (χ2v) is 4.94. The van der Waals surface area contributed by atoms with Gasteiger partial charge in [0, 0.05) is 31.4 Å². The zero-order valence-corrected chi connectivity index (χ0v) is 9.77. The molecule has 1 aliphatic carbocycles. The van der Waals surface area contributed by atoms with Gasteiger partial charge in [-0.15, -0.1) is 0 Å². The normalized spacial score (nSPS) is 29.5. The highest BCUT2D eigenvalue weighted by Crippen LogP contribution is 2.45. The molecule has 4 heteroatoms. The Hall–Kier alpha value is -1.39. The zero-order valence-electron chi connectivity index (χ0n) is 9.77. The van der Waals surface area contributed by atoms with Crippen molar-refractivity contribution in [3.63, 3.8) is 0 Å². The van der Waals surface area contributed by atoms with Crippen molar-refractivity contribution >= 4 is 5.78 Å². The quantitative estimate of drug-likeness (QED) is 0.744. The number of hydrogen-bond acceptors (Lipinski definition) is 4. The molecule has 1 aliphatic heterocycles. The van der Waals surface area contributed by atoms with Gasteiger partial charge in [-0.25, -0.2) is 0 Å². The molecule has 3 rings (SSSR count). The summed E-state index contributed by atoms with van der Waals surface area (Å²) >= 11 is 0. The Morgan fingerprint density at radius 3 is 2.94 bits per heavy atom. The van der Waals surface area contributed by atoms with E-state index < -0.39 is 11.9 Å². The number of ether oxygens (including phenoxy) is 2. The number of Topliss-reactive ketones (excluding diaryl/α,β-unsaturated/α-hetero) is 1. The van der Waals surface area contributed by atoms with Gasteiger partial charge in [0.2, 0.25) is 5.79 Å². The molecule has 1 aromatic rings. The Bertz CT molecular complexity index is 492. The van der Waals surface area contributed by atoms with Crippen molar-refractivity contribution in [2.24, 2.45) is 0 Å². The van der Waals surface area contributed by atoms with Gasteiger partial charge in [0.1, 0.15) is 11.9 Å². The van der Waals surface area contributed by atoms with E-state index in [0.717, 1.165) is 5.56 Å². The summed E-state index contributed by atoms with van der Waals surface area (Å²) in [6.07, 6.45) is -0.940. The van der Waals surface area contributed by atoms with Crippen LogP contribution in [0.4, 0.5) is 0 Å². The first-order chi connectivity index (χ1) is 7.98. The first-order valence-corrected chi connectivity index (χ1v) is 5.70. The van der Waals surface area contributed by atoms with Crippen molar-refractivity contribution in [3.05, 3.63) is 29.3 Å². The Morgan fingerprint density at radius 2 is 2.18 bits per heavy atom. The van der Waals surface area contributed by atoms with Crippen LogP contribution in [0.25, 0.3) is 0 Å². The van der Waals surface area contributed by atoms with Gasteiger partial charge in [-0.2, -0.15) is 0 Å². The Kier molecular flexibility index (Phi) is 2.09. The third-order valence-corrected chi connectivity index (χ3v) is 3.18. The van der Waals surface area contributed by atoms with Crippen LogP contribution >= 0.6 is 0 Å². The fourth-order valence-electron chi connectivity index (χ4n) is 2.53. The summed E-state index contributed by atoms with van der Waals surface area (Å²) in [6.45, 7) is 3.65. The van der Waals surface area contributed by atoms with Crippen LogP contribution in [0.15, 0.2) is 18.2 Å². The van der Waals surface area contributed by atoms with E-state index in [-0.39, 0.29) is 11.9 Å². The van der Waals surface area contributed by atoms with Crippen LogP contribution in [0.2, 0.25) is 0 Å². The van der Waals surface area contributed by atoms with E-state index in [9.17, 15) is 9.90 Å². The molecular weight excluding hydrogens is 220 g/mol. The van der Waals surface area contributed by atoms with E-state index in [1.807, 2.05) is 19.9 Å². The second-order valence-electron chi connectivity index (χ2n) is 4.94. The van der Waals surface area contributed by atoms with Gasteiger partial charge in [-0.05, 0) is 6.07 Å². The number of benzene rings is 1. The van der Waals surface area contributed by atoms with Crippen molar-refractivity contribution in [2.75, 3.05) is 0 Å². The summed E-state index contributed by atoms with van der Waals surface area (Å²) in [7, 11) is 0. The lowest BCUT2D eigenvalue weighted by Crippen LogP contribution is -2.42. The first kappa shape index (κ1) is 10.7. The largest absolute Gasteiger partial charge is 0.463 e. The molecular formula is C13H14O4. The third-order valence-electron chi connectivity index (χ3n) is 3.18. The maximum Gasteiger partial charge on any atom is 0.205 e. The third kappa shape index (κ3) is 1.56. The molecule has 17 heavy (non-hydrogen) atoms. The molecule has 0 unspecified atom stereocenters. The fourth-order valence-corrected chi connectivity index (χ4v) is 2.53. The molecule has 1 N–H and O–H groups in total. The SMILES string of the molecule is CC1(C)Oc2cccc3c2[C@H](C[C@H](O)C3=O)O1. The van der Waals surface area contributed by atoms with Crippen molar-refractivity contribution in [2.45, 2.75) is 38.3 Å². The van der Waals surface area contributed by atoms with Gasteiger partial charge < -0.3 is 14.6 Å². The number of aliphatic hydroxyl groups excluding tert-OH is 1. The predicted molar refractivity (Wildman–Crippen MR) is 59.9 cm³/mol. The highest BCUT2D eigenvalue weighted by atomic mass is 16.7. The smallest absolute Gasteiger partial charge is 0.205 e. The van der Waals surface area contributed by atoms with Gasteiger partial charge in [0.15, 0.2) is 5.78 Å². The Labute approximate surface area is 99.2 Å². The van der Waals surface area contributed by atoms with Crippen LogP contribution in [0.3, 0.4) is 0 Å². The first-order valence-electron chi connectivity index (χ1n) is 5.70. The summed E-state index contributed by atoms with van der Waals surface area (Å²) in [5, 5.41) is 9.74. The van der Waals surface area contributed by atoms with E-state index in [0.29, 0.717) is 17.7 Å². The molecule has 0 fully saturated rings. The number of carbonyl (C=O) groups excluding carboxylic acids is 1. The van der Waals surface area contributed by atoms with Crippen LogP contribution < -0.4 is 4.74 Å². The lowest BCUT2D eigenvalue weighted by Gasteiger charge is -2.41. The number of hydrogen-bond donors (Lipinski definition) is 1. The van der Waals surface area contributed by atoms with Crippen LogP contribution in [0.5, 0.6) is 5.75 Å². The van der Waals surface area contributed by atoms with E-state index in [1.165, 1.54) is 0 Å². The molecule has 2 atom stereocenters. The lowest BCUT2D eigenvalue weighted by atomic mass is 9.85. The molecule has 1 aromatic carbocycles. The summed E-state index contributed by atoms with van der Waals surface area (Å²) in [4.78, 5) is 11.9. The topological polar surface area (TPSA) is 55.8 Å². The van der Waals surface area contributed by atoms with Gasteiger partial charge in [-0.3, -0.25) is 4.79 Å². The Morgan fingerprint density at radius 1 is 1.41 bits per heavy atom. The molecule has 0 aromatic heterocycles. The van der Waals surface area contributed by atoms with Crippen molar-refractivity contribution < 1.29 is 19.4 Å². The molecule has 0 saturated carbocycles. The van der Waals surface area contributed by atoms with E-state index in [1.54, 1.807) is 12.1 Å². The number of ketones is 1. The zero-order chi connectivity index (χ0) is 12.2. The number of rotatable bonds is 0. The summed E-state index contributed by atoms with van der Waals surface area (Å²) in [5.41, 5.74) is 1.30. The molecule has 0 saturated heterocycles. The number of aliphatic hydroxyl groups is 1. The fraction of sp³-hybridized carbons (Fsp3) is 0.462. The second kappa shape index (κ2) is 3.31. The van der Waals surface area contributed by atoms with Crippen LogP contribution in [-0.4, -0.2) is 22.8 Å². The molecule has 2 aliphatic rings. The average Bonchev–Trinajstić information content (AvgIpc) is 2.23. The van der Waals surface area contributed by atoms with Gasteiger partial charge >= 0.3 is 0 Å². The highest BCUT2D eigenvalue weighted by Gasteiger charge is 2.42. The lowest BCUT2D eigenvalue weighted by molar-refractivity contribution is -0.212. The van der Waals surface area contributed by atoms with Crippen molar-refractivity contribution in [1.82, 2.24) is 0 Å².